The topological polar surface area (TPSA) is 72.7 Å². The Labute approximate surface area is 156 Å². The number of amides is 1. The van der Waals surface area contributed by atoms with Crippen LogP contribution in [-0.4, -0.2) is 31.4 Å². The lowest BCUT2D eigenvalue weighted by Gasteiger charge is -2.12. The number of carbonyl (C=O) groups is 1. The molecule has 0 spiro atoms. The van der Waals surface area contributed by atoms with Gasteiger partial charge in [-0.1, -0.05) is 29.4 Å². The van der Waals surface area contributed by atoms with Gasteiger partial charge in [0, 0.05) is 11.1 Å². The largest absolute Gasteiger partial charge is 0.323 e. The van der Waals surface area contributed by atoms with Gasteiger partial charge in [0.15, 0.2) is 0 Å². The van der Waals surface area contributed by atoms with Gasteiger partial charge in [-0.05, 0) is 47.7 Å². The third-order valence-electron chi connectivity index (χ3n) is 3.33. The summed E-state index contributed by atoms with van der Waals surface area (Å²) in [6.45, 7) is 1.62. The molecule has 2 aromatic carbocycles. The smallest absolute Gasteiger partial charge is 0.237 e. The van der Waals surface area contributed by atoms with Gasteiger partial charge in [-0.15, -0.1) is 5.10 Å². The van der Waals surface area contributed by atoms with Crippen molar-refractivity contribution < 1.29 is 13.6 Å². The Morgan fingerprint density at radius 1 is 1.27 bits per heavy atom. The Bertz CT molecular complexity index is 952. The number of tetrazole rings is 1. The molecule has 1 atom stereocenters. The number of benzene rings is 2. The second-order valence-electron chi connectivity index (χ2n) is 5.23. The Balaban J connectivity index is 1.73. The van der Waals surface area contributed by atoms with Crippen molar-refractivity contribution >= 4 is 35.0 Å². The molecule has 0 aliphatic rings. The van der Waals surface area contributed by atoms with E-state index in [0.717, 1.165) is 23.9 Å². The van der Waals surface area contributed by atoms with E-state index >= 15 is 0 Å². The van der Waals surface area contributed by atoms with Crippen LogP contribution >= 0.6 is 23.4 Å². The van der Waals surface area contributed by atoms with E-state index < -0.39 is 22.8 Å². The van der Waals surface area contributed by atoms with Crippen molar-refractivity contribution in [3.63, 3.8) is 0 Å². The lowest BCUT2D eigenvalue weighted by atomic mass is 10.3. The van der Waals surface area contributed by atoms with Crippen LogP contribution in [0.3, 0.4) is 0 Å². The maximum absolute atomic E-state index is 13.7. The van der Waals surface area contributed by atoms with Crippen LogP contribution in [0.25, 0.3) is 5.69 Å². The standard InChI is InChI=1S/C16H12ClF2N5OS/c1-9(15(25)20-14-6-5-11(18)8-13(14)19)26-16-21-22-23-24(16)12-4-2-3-10(17)7-12/h2-9H,1H3,(H,20,25)/t9-/m0/s1. The van der Waals surface area contributed by atoms with Crippen LogP contribution in [0.5, 0.6) is 0 Å². The fraction of sp³-hybridized carbons (Fsp3) is 0.125. The summed E-state index contributed by atoms with van der Waals surface area (Å²) in [7, 11) is 0. The summed E-state index contributed by atoms with van der Waals surface area (Å²) in [5.41, 5.74) is 0.542. The maximum atomic E-state index is 13.7. The summed E-state index contributed by atoms with van der Waals surface area (Å²) in [4.78, 5) is 12.3. The average Bonchev–Trinajstić information content (AvgIpc) is 3.05. The van der Waals surface area contributed by atoms with Crippen molar-refractivity contribution in [2.24, 2.45) is 0 Å². The van der Waals surface area contributed by atoms with Crippen LogP contribution in [-0.2, 0) is 4.79 Å². The molecule has 3 aromatic rings. The van der Waals surface area contributed by atoms with Crippen LogP contribution in [0.2, 0.25) is 5.02 Å². The minimum atomic E-state index is -0.848. The van der Waals surface area contributed by atoms with E-state index in [1.165, 1.54) is 4.68 Å². The van der Waals surface area contributed by atoms with E-state index in [1.807, 2.05) is 0 Å². The quantitative estimate of drug-likeness (QED) is 0.667. The number of nitrogens with one attached hydrogen (secondary N) is 1. The molecule has 0 fully saturated rings. The molecule has 1 amide bonds. The Morgan fingerprint density at radius 2 is 2.08 bits per heavy atom. The molecule has 0 aliphatic heterocycles. The molecule has 3 rings (SSSR count). The summed E-state index contributed by atoms with van der Waals surface area (Å²) >= 11 is 7.06. The summed E-state index contributed by atoms with van der Waals surface area (Å²) in [5, 5.41) is 14.1. The number of aromatic nitrogens is 4. The Kier molecular flexibility index (Phi) is 5.48. The first-order chi connectivity index (χ1) is 12.4. The molecular formula is C16H12ClF2N5OS. The Hall–Kier alpha value is -2.52. The first-order valence-corrected chi connectivity index (χ1v) is 8.66. The molecule has 0 aliphatic carbocycles. The van der Waals surface area contributed by atoms with Crippen LogP contribution in [0.4, 0.5) is 14.5 Å². The molecule has 0 saturated heterocycles. The summed E-state index contributed by atoms with van der Waals surface area (Å²) < 4.78 is 28.0. The second-order valence-corrected chi connectivity index (χ2v) is 6.97. The minimum Gasteiger partial charge on any atom is -0.323 e. The zero-order chi connectivity index (χ0) is 18.7. The lowest BCUT2D eigenvalue weighted by molar-refractivity contribution is -0.115. The molecule has 1 N–H and O–H groups in total. The molecule has 0 saturated carbocycles. The van der Waals surface area contributed by atoms with E-state index in [1.54, 1.807) is 31.2 Å². The summed E-state index contributed by atoms with van der Waals surface area (Å²) in [5.74, 6) is -2.04. The summed E-state index contributed by atoms with van der Waals surface area (Å²) in [6, 6.07) is 9.85. The summed E-state index contributed by atoms with van der Waals surface area (Å²) in [6.07, 6.45) is 0. The first-order valence-electron chi connectivity index (χ1n) is 7.41. The normalized spacial score (nSPS) is 12.0. The van der Waals surface area contributed by atoms with Gasteiger partial charge >= 0.3 is 0 Å². The van der Waals surface area contributed by atoms with E-state index in [9.17, 15) is 13.6 Å². The van der Waals surface area contributed by atoms with Gasteiger partial charge in [-0.2, -0.15) is 4.68 Å². The highest BCUT2D eigenvalue weighted by molar-refractivity contribution is 8.00. The van der Waals surface area contributed by atoms with Crippen molar-refractivity contribution in [2.75, 3.05) is 5.32 Å². The maximum Gasteiger partial charge on any atom is 0.237 e. The number of halogens is 3. The molecule has 134 valence electrons. The molecule has 0 bridgehead atoms. The fourth-order valence-electron chi connectivity index (χ4n) is 2.06. The van der Waals surface area contributed by atoms with Crippen molar-refractivity contribution in [1.29, 1.82) is 0 Å². The average molecular weight is 396 g/mol. The van der Waals surface area contributed by atoms with Gasteiger partial charge in [0.25, 0.3) is 0 Å². The number of nitrogens with zero attached hydrogens (tertiary/aromatic N) is 4. The Morgan fingerprint density at radius 3 is 2.81 bits per heavy atom. The molecule has 1 heterocycles. The third kappa shape index (κ3) is 4.17. The van der Waals surface area contributed by atoms with Crippen LogP contribution in [0, 0.1) is 11.6 Å². The third-order valence-corrected chi connectivity index (χ3v) is 4.60. The van der Waals surface area contributed by atoms with Crippen LogP contribution in [0.15, 0.2) is 47.6 Å². The van der Waals surface area contributed by atoms with Crippen molar-refractivity contribution in [3.05, 3.63) is 59.1 Å². The molecule has 26 heavy (non-hydrogen) atoms. The van der Waals surface area contributed by atoms with Gasteiger partial charge in [0.2, 0.25) is 11.1 Å². The molecule has 1 aromatic heterocycles. The number of hydrogen-bond donors (Lipinski definition) is 1. The highest BCUT2D eigenvalue weighted by Crippen LogP contribution is 2.25. The first kappa shape index (κ1) is 18.3. The van der Waals surface area contributed by atoms with Gasteiger partial charge in [0.05, 0.1) is 16.6 Å². The SMILES string of the molecule is C[C@H](Sc1nnnn1-c1cccc(Cl)c1)C(=O)Nc1ccc(F)cc1F. The van der Waals surface area contributed by atoms with Crippen molar-refractivity contribution in [1.82, 2.24) is 20.2 Å². The predicted octanol–water partition coefficient (Wildman–Crippen LogP) is 3.71. The number of carbonyl (C=O) groups excluding carboxylic acids is 1. The lowest BCUT2D eigenvalue weighted by Crippen LogP contribution is -2.23. The second kappa shape index (κ2) is 7.79. The van der Waals surface area contributed by atoms with E-state index in [4.69, 9.17) is 11.6 Å². The van der Waals surface area contributed by atoms with Crippen LogP contribution < -0.4 is 5.32 Å². The zero-order valence-electron chi connectivity index (χ0n) is 13.4. The van der Waals surface area contributed by atoms with Gasteiger partial charge in [-0.25, -0.2) is 8.78 Å². The van der Waals surface area contributed by atoms with Crippen molar-refractivity contribution in [3.8, 4) is 5.69 Å². The highest BCUT2D eigenvalue weighted by Gasteiger charge is 2.20. The molecule has 0 radical (unpaired) electrons. The predicted molar refractivity (Wildman–Crippen MR) is 94.5 cm³/mol. The molecule has 0 unspecified atom stereocenters. The van der Waals surface area contributed by atoms with Gasteiger partial charge in [0.1, 0.15) is 11.6 Å². The minimum absolute atomic E-state index is 0.0988. The fourth-order valence-corrected chi connectivity index (χ4v) is 3.05. The number of anilines is 1. The number of hydrogen-bond acceptors (Lipinski definition) is 5. The highest BCUT2D eigenvalue weighted by atomic mass is 35.5. The zero-order valence-corrected chi connectivity index (χ0v) is 14.9. The molecule has 6 nitrogen and oxygen atoms in total. The van der Waals surface area contributed by atoms with Crippen LogP contribution in [0.1, 0.15) is 6.92 Å². The molecule has 10 heteroatoms. The van der Waals surface area contributed by atoms with Gasteiger partial charge < -0.3 is 5.32 Å². The molecular weight excluding hydrogens is 384 g/mol. The van der Waals surface area contributed by atoms with E-state index in [0.29, 0.717) is 21.9 Å². The monoisotopic (exact) mass is 395 g/mol. The van der Waals surface area contributed by atoms with E-state index in [2.05, 4.69) is 20.8 Å². The number of rotatable bonds is 5. The number of thioether (sulfide) groups is 1. The van der Waals surface area contributed by atoms with Gasteiger partial charge in [-0.3, -0.25) is 4.79 Å². The van der Waals surface area contributed by atoms with E-state index in [-0.39, 0.29) is 5.69 Å². The van der Waals surface area contributed by atoms with Crippen molar-refractivity contribution in [2.45, 2.75) is 17.3 Å².